The number of carbonyl (C=O) groups is 3. The van der Waals surface area contributed by atoms with E-state index in [1.165, 1.54) is 0 Å². The largest absolute Gasteiger partial charge is 0.480 e. The Hall–Kier alpha value is -1.93. The third-order valence-corrected chi connectivity index (χ3v) is 3.27. The summed E-state index contributed by atoms with van der Waals surface area (Å²) in [5.41, 5.74) is 0.371. The Morgan fingerprint density at radius 1 is 1.24 bits per heavy atom. The number of amides is 2. The molecule has 1 aromatic rings. The predicted octanol–water partition coefficient (Wildman–Crippen LogP) is 0.131. The van der Waals surface area contributed by atoms with Gasteiger partial charge >= 0.3 is 5.97 Å². The molecule has 0 unspecified atom stereocenters. The van der Waals surface area contributed by atoms with Gasteiger partial charge in [0.25, 0.3) is 5.91 Å². The molecule has 0 fully saturated rings. The van der Waals surface area contributed by atoms with Gasteiger partial charge in [0, 0.05) is 17.5 Å². The number of rotatable bonds is 7. The Bertz CT molecular complexity index is 535. The number of aliphatic hydroxyl groups excluding tert-OH is 1. The fourth-order valence-electron chi connectivity index (χ4n) is 1.53. The van der Waals surface area contributed by atoms with E-state index in [2.05, 4.69) is 26.6 Å². The van der Waals surface area contributed by atoms with Crippen molar-refractivity contribution in [2.24, 2.45) is 0 Å². The third kappa shape index (κ3) is 5.52. The van der Waals surface area contributed by atoms with Gasteiger partial charge in [0.05, 0.1) is 12.1 Å². The van der Waals surface area contributed by atoms with Crippen molar-refractivity contribution in [3.8, 4) is 0 Å². The molecule has 1 aromatic carbocycles. The number of aliphatic carboxylic acids is 1. The van der Waals surface area contributed by atoms with Crippen molar-refractivity contribution in [2.45, 2.75) is 12.5 Å². The van der Waals surface area contributed by atoms with Crippen LogP contribution in [0.15, 0.2) is 28.7 Å². The lowest BCUT2D eigenvalue weighted by Crippen LogP contribution is -2.45. The molecule has 0 aliphatic heterocycles. The van der Waals surface area contributed by atoms with Gasteiger partial charge in [-0.3, -0.25) is 9.59 Å². The maximum Gasteiger partial charge on any atom is 0.326 e. The molecular formula is C13H15BrN2O5. The second-order valence-corrected chi connectivity index (χ2v) is 4.99. The number of nitrogens with one attached hydrogen (secondary N) is 2. The zero-order valence-electron chi connectivity index (χ0n) is 11.0. The normalized spacial score (nSPS) is 11.5. The SMILES string of the molecule is O=C(CNC(=O)c1ccccc1Br)N[C@H](CCO)C(=O)O. The summed E-state index contributed by atoms with van der Waals surface area (Å²) >= 11 is 3.22. The molecule has 1 atom stereocenters. The molecule has 0 aliphatic carbocycles. The quantitative estimate of drug-likeness (QED) is 0.552. The highest BCUT2D eigenvalue weighted by atomic mass is 79.9. The lowest BCUT2D eigenvalue weighted by atomic mass is 10.2. The summed E-state index contributed by atoms with van der Waals surface area (Å²) in [5.74, 6) is -2.34. The van der Waals surface area contributed by atoms with E-state index in [9.17, 15) is 14.4 Å². The summed E-state index contributed by atoms with van der Waals surface area (Å²) in [7, 11) is 0. The van der Waals surface area contributed by atoms with Crippen molar-refractivity contribution < 1.29 is 24.6 Å². The maximum atomic E-state index is 11.8. The van der Waals surface area contributed by atoms with Crippen LogP contribution >= 0.6 is 15.9 Å². The van der Waals surface area contributed by atoms with E-state index in [1.807, 2.05) is 0 Å². The summed E-state index contributed by atoms with van der Waals surface area (Å²) in [5, 5.41) is 22.1. The third-order valence-electron chi connectivity index (χ3n) is 2.58. The molecule has 7 nitrogen and oxygen atoms in total. The zero-order valence-corrected chi connectivity index (χ0v) is 12.6. The second-order valence-electron chi connectivity index (χ2n) is 4.13. The van der Waals surface area contributed by atoms with Gasteiger partial charge in [-0.05, 0) is 28.1 Å². The summed E-state index contributed by atoms with van der Waals surface area (Å²) in [6, 6.07) is 5.53. The molecule has 4 N–H and O–H groups in total. The molecule has 0 aromatic heterocycles. The van der Waals surface area contributed by atoms with E-state index in [1.54, 1.807) is 24.3 Å². The minimum Gasteiger partial charge on any atom is -0.480 e. The summed E-state index contributed by atoms with van der Waals surface area (Å²) < 4.78 is 0.589. The predicted molar refractivity (Wildman–Crippen MR) is 77.7 cm³/mol. The Morgan fingerprint density at radius 2 is 1.90 bits per heavy atom. The van der Waals surface area contributed by atoms with Crippen molar-refractivity contribution in [1.29, 1.82) is 0 Å². The summed E-state index contributed by atoms with van der Waals surface area (Å²) in [6.45, 7) is -0.712. The molecular weight excluding hydrogens is 344 g/mol. The average molecular weight is 359 g/mol. The molecule has 0 radical (unpaired) electrons. The van der Waals surface area contributed by atoms with Crippen LogP contribution in [0.4, 0.5) is 0 Å². The van der Waals surface area contributed by atoms with Crippen LogP contribution in [0.2, 0.25) is 0 Å². The fourth-order valence-corrected chi connectivity index (χ4v) is 2.00. The van der Waals surface area contributed by atoms with Crippen molar-refractivity contribution in [2.75, 3.05) is 13.2 Å². The van der Waals surface area contributed by atoms with Gasteiger partial charge < -0.3 is 20.8 Å². The van der Waals surface area contributed by atoms with Crippen molar-refractivity contribution in [1.82, 2.24) is 10.6 Å². The van der Waals surface area contributed by atoms with Gasteiger partial charge in [-0.1, -0.05) is 12.1 Å². The molecule has 2 amide bonds. The van der Waals surface area contributed by atoms with Crippen LogP contribution in [0, 0.1) is 0 Å². The molecule has 114 valence electrons. The number of halogens is 1. The van der Waals surface area contributed by atoms with E-state index in [4.69, 9.17) is 10.2 Å². The Labute approximate surface area is 129 Å². The van der Waals surface area contributed by atoms with Gasteiger partial charge in [-0.15, -0.1) is 0 Å². The topological polar surface area (TPSA) is 116 Å². The van der Waals surface area contributed by atoms with E-state index < -0.39 is 23.8 Å². The molecule has 0 aliphatic rings. The monoisotopic (exact) mass is 358 g/mol. The molecule has 8 heteroatoms. The highest BCUT2D eigenvalue weighted by Gasteiger charge is 2.19. The number of benzene rings is 1. The lowest BCUT2D eigenvalue weighted by Gasteiger charge is -2.13. The molecule has 0 saturated heterocycles. The van der Waals surface area contributed by atoms with E-state index >= 15 is 0 Å². The Morgan fingerprint density at radius 3 is 2.48 bits per heavy atom. The number of carboxylic acid groups (broad SMARTS) is 1. The number of carboxylic acids is 1. The van der Waals surface area contributed by atoms with Crippen molar-refractivity contribution >= 4 is 33.7 Å². The van der Waals surface area contributed by atoms with Gasteiger partial charge in [-0.2, -0.15) is 0 Å². The smallest absolute Gasteiger partial charge is 0.326 e. The number of aliphatic hydroxyl groups is 1. The van der Waals surface area contributed by atoms with Crippen LogP contribution in [0.5, 0.6) is 0 Å². The van der Waals surface area contributed by atoms with Gasteiger partial charge in [0.2, 0.25) is 5.91 Å². The minimum absolute atomic E-state index is 0.0980. The van der Waals surface area contributed by atoms with Crippen molar-refractivity contribution in [3.05, 3.63) is 34.3 Å². The molecule has 21 heavy (non-hydrogen) atoms. The Balaban J connectivity index is 2.51. The highest BCUT2D eigenvalue weighted by molar-refractivity contribution is 9.10. The van der Waals surface area contributed by atoms with Crippen LogP contribution in [0.1, 0.15) is 16.8 Å². The summed E-state index contributed by atoms with van der Waals surface area (Å²) in [6.07, 6.45) is -0.0980. The molecule has 0 saturated carbocycles. The van der Waals surface area contributed by atoms with Crippen LogP contribution in [0.25, 0.3) is 0 Å². The lowest BCUT2D eigenvalue weighted by molar-refractivity contribution is -0.142. The second kappa shape index (κ2) is 8.38. The van der Waals surface area contributed by atoms with Gasteiger partial charge in [0.15, 0.2) is 0 Å². The van der Waals surface area contributed by atoms with Crippen LogP contribution < -0.4 is 10.6 Å². The van der Waals surface area contributed by atoms with Gasteiger partial charge in [-0.25, -0.2) is 4.79 Å². The summed E-state index contributed by atoms with van der Waals surface area (Å²) in [4.78, 5) is 34.2. The minimum atomic E-state index is -1.24. The number of hydrogen-bond acceptors (Lipinski definition) is 4. The molecule has 1 rings (SSSR count). The first-order chi connectivity index (χ1) is 9.95. The number of hydrogen-bond donors (Lipinski definition) is 4. The van der Waals surface area contributed by atoms with Gasteiger partial charge in [0.1, 0.15) is 6.04 Å². The molecule has 0 spiro atoms. The first-order valence-electron chi connectivity index (χ1n) is 6.11. The molecule has 0 heterocycles. The molecule has 0 bridgehead atoms. The number of carbonyl (C=O) groups excluding carboxylic acids is 2. The van der Waals surface area contributed by atoms with Crippen molar-refractivity contribution in [3.63, 3.8) is 0 Å². The highest BCUT2D eigenvalue weighted by Crippen LogP contribution is 2.15. The Kier molecular flexibility index (Phi) is 6.83. The average Bonchev–Trinajstić information content (AvgIpc) is 2.44. The van der Waals surface area contributed by atoms with E-state index in [-0.39, 0.29) is 19.6 Å². The van der Waals surface area contributed by atoms with Crippen LogP contribution in [-0.4, -0.2) is 47.2 Å². The maximum absolute atomic E-state index is 11.8. The van der Waals surface area contributed by atoms with E-state index in [0.29, 0.717) is 10.0 Å². The van der Waals surface area contributed by atoms with Crippen LogP contribution in [-0.2, 0) is 9.59 Å². The van der Waals surface area contributed by atoms with E-state index in [0.717, 1.165) is 0 Å². The zero-order chi connectivity index (χ0) is 15.8. The first kappa shape index (κ1) is 17.1. The fraction of sp³-hybridized carbons (Fsp3) is 0.308. The standard InChI is InChI=1S/C13H15BrN2O5/c14-9-4-2-1-3-8(9)12(19)15-7-11(18)16-10(5-6-17)13(20)21/h1-4,10,17H,5-7H2,(H,15,19)(H,16,18)(H,20,21)/t10-/m1/s1. The van der Waals surface area contributed by atoms with Crippen LogP contribution in [0.3, 0.4) is 0 Å². The first-order valence-corrected chi connectivity index (χ1v) is 6.90.